The lowest BCUT2D eigenvalue weighted by atomic mass is 9.88. The van der Waals surface area contributed by atoms with Crippen LogP contribution in [-0.4, -0.2) is 12.2 Å². The van der Waals surface area contributed by atoms with Gasteiger partial charge in [-0.15, -0.1) is 0 Å². The average Bonchev–Trinajstić information content (AvgIpc) is 2.22. The Morgan fingerprint density at radius 2 is 1.85 bits per heavy atom. The van der Waals surface area contributed by atoms with Crippen LogP contribution in [0.4, 0.5) is 0 Å². The minimum atomic E-state index is 1.00. The number of allylic oxidation sites excluding steroid dienone is 1. The highest BCUT2D eigenvalue weighted by Gasteiger charge is 2.10. The van der Waals surface area contributed by atoms with Gasteiger partial charge in [0.05, 0.1) is 0 Å². The molecule has 0 atom stereocenters. The second-order valence-electron chi connectivity index (χ2n) is 3.11. The van der Waals surface area contributed by atoms with Crippen molar-refractivity contribution in [2.75, 3.05) is 7.11 Å². The first-order valence-corrected chi connectivity index (χ1v) is 4.59. The molecule has 0 saturated heterocycles. The molecule has 1 nitrogen and oxygen atoms in total. The molecule has 0 unspecified atom stereocenters. The van der Waals surface area contributed by atoms with Crippen LogP contribution in [0, 0.1) is 0 Å². The highest BCUT2D eigenvalue weighted by atomic mass is 16.2. The monoisotopic (exact) mass is 176 g/mol. The summed E-state index contributed by atoms with van der Waals surface area (Å²) in [5.74, 6) is 0. The average molecular weight is 176 g/mol. The van der Waals surface area contributed by atoms with Gasteiger partial charge in [-0.1, -0.05) is 30.8 Å². The lowest BCUT2D eigenvalue weighted by Gasteiger charge is -2.16. The van der Waals surface area contributed by atoms with Gasteiger partial charge in [-0.2, -0.15) is 0 Å². The molecule has 1 aliphatic carbocycles. The van der Waals surface area contributed by atoms with Crippen molar-refractivity contribution in [2.24, 2.45) is 0 Å². The Balaban J connectivity index is 0.000000396. The Labute approximate surface area is 79.7 Å². The molecule has 1 aromatic rings. The van der Waals surface area contributed by atoms with E-state index in [-0.39, 0.29) is 0 Å². The van der Waals surface area contributed by atoms with Gasteiger partial charge in [0.15, 0.2) is 0 Å². The second kappa shape index (κ2) is 4.83. The summed E-state index contributed by atoms with van der Waals surface area (Å²) in [5, 5.41) is 7.00. The summed E-state index contributed by atoms with van der Waals surface area (Å²) in [6.45, 7) is 4.06. The summed E-state index contributed by atoms with van der Waals surface area (Å²) in [5.41, 5.74) is 4.18. The molecular formula is C12H16O. The molecule has 13 heavy (non-hydrogen) atoms. The molecule has 0 radical (unpaired) electrons. The fourth-order valence-electron chi connectivity index (χ4n) is 1.71. The Kier molecular flexibility index (Phi) is 3.71. The maximum atomic E-state index is 7.00. The third kappa shape index (κ3) is 2.19. The van der Waals surface area contributed by atoms with E-state index >= 15 is 0 Å². The van der Waals surface area contributed by atoms with Crippen molar-refractivity contribution in [2.45, 2.75) is 19.3 Å². The van der Waals surface area contributed by atoms with E-state index in [0.717, 1.165) is 7.11 Å². The summed E-state index contributed by atoms with van der Waals surface area (Å²) in [4.78, 5) is 0. The van der Waals surface area contributed by atoms with Crippen LogP contribution in [0.15, 0.2) is 30.8 Å². The predicted octanol–water partition coefficient (Wildman–Crippen LogP) is 2.64. The fraction of sp³-hybridized carbons (Fsp3) is 0.333. The van der Waals surface area contributed by atoms with Crippen molar-refractivity contribution in [3.63, 3.8) is 0 Å². The van der Waals surface area contributed by atoms with Crippen LogP contribution >= 0.6 is 0 Å². The quantitative estimate of drug-likeness (QED) is 0.644. The molecule has 0 heterocycles. The van der Waals surface area contributed by atoms with Crippen molar-refractivity contribution in [1.29, 1.82) is 0 Å². The molecule has 0 bridgehead atoms. The van der Waals surface area contributed by atoms with Crippen molar-refractivity contribution in [1.82, 2.24) is 0 Å². The number of hydrogen-bond acceptors (Lipinski definition) is 1. The van der Waals surface area contributed by atoms with Gasteiger partial charge in [-0.05, 0) is 36.0 Å². The van der Waals surface area contributed by atoms with Gasteiger partial charge < -0.3 is 5.11 Å². The highest BCUT2D eigenvalue weighted by Crippen LogP contribution is 2.28. The van der Waals surface area contributed by atoms with E-state index in [4.69, 9.17) is 5.11 Å². The lowest BCUT2D eigenvalue weighted by Crippen LogP contribution is -1.99. The van der Waals surface area contributed by atoms with E-state index in [0.29, 0.717) is 0 Å². The van der Waals surface area contributed by atoms with Gasteiger partial charge in [0.1, 0.15) is 0 Å². The molecule has 0 fully saturated rings. The molecule has 0 aliphatic heterocycles. The summed E-state index contributed by atoms with van der Waals surface area (Å²) >= 11 is 0. The molecule has 0 saturated carbocycles. The van der Waals surface area contributed by atoms with E-state index in [2.05, 4.69) is 30.8 Å². The molecule has 0 spiro atoms. The number of aryl methyl sites for hydroxylation is 1. The molecule has 0 amide bonds. The Hall–Kier alpha value is -1.08. The zero-order valence-electron chi connectivity index (χ0n) is 8.09. The Morgan fingerprint density at radius 1 is 1.15 bits per heavy atom. The minimum absolute atomic E-state index is 1.00. The van der Waals surface area contributed by atoms with Crippen molar-refractivity contribution in [3.05, 3.63) is 42.0 Å². The first-order valence-electron chi connectivity index (χ1n) is 4.59. The van der Waals surface area contributed by atoms with Crippen LogP contribution < -0.4 is 0 Å². The van der Waals surface area contributed by atoms with Gasteiger partial charge >= 0.3 is 0 Å². The van der Waals surface area contributed by atoms with Crippen LogP contribution in [-0.2, 0) is 6.42 Å². The predicted molar refractivity (Wildman–Crippen MR) is 56.6 cm³/mol. The van der Waals surface area contributed by atoms with Crippen molar-refractivity contribution < 1.29 is 5.11 Å². The maximum absolute atomic E-state index is 7.00. The molecule has 1 aromatic carbocycles. The molecule has 2 rings (SSSR count). The van der Waals surface area contributed by atoms with E-state index in [1.54, 1.807) is 0 Å². The Morgan fingerprint density at radius 3 is 2.54 bits per heavy atom. The van der Waals surface area contributed by atoms with Crippen LogP contribution in [0.1, 0.15) is 24.0 Å². The van der Waals surface area contributed by atoms with E-state index in [1.807, 2.05) is 0 Å². The molecule has 70 valence electrons. The maximum Gasteiger partial charge on any atom is 0.0319 e. The van der Waals surface area contributed by atoms with Gasteiger partial charge in [0, 0.05) is 7.11 Å². The van der Waals surface area contributed by atoms with Gasteiger partial charge in [0.25, 0.3) is 0 Å². The number of rotatable bonds is 0. The van der Waals surface area contributed by atoms with E-state index in [9.17, 15) is 0 Å². The zero-order valence-corrected chi connectivity index (χ0v) is 8.09. The lowest BCUT2D eigenvalue weighted by molar-refractivity contribution is 0.399. The number of aliphatic hydroxyl groups is 1. The fourth-order valence-corrected chi connectivity index (χ4v) is 1.71. The number of aliphatic hydroxyl groups excluding tert-OH is 1. The van der Waals surface area contributed by atoms with Crippen molar-refractivity contribution in [3.8, 4) is 0 Å². The van der Waals surface area contributed by atoms with E-state index in [1.165, 1.54) is 36.0 Å². The zero-order chi connectivity index (χ0) is 9.68. The normalized spacial score (nSPS) is 14.2. The van der Waals surface area contributed by atoms with Crippen LogP contribution in [0.3, 0.4) is 0 Å². The second-order valence-corrected chi connectivity index (χ2v) is 3.11. The largest absolute Gasteiger partial charge is 0.400 e. The van der Waals surface area contributed by atoms with Crippen LogP contribution in [0.2, 0.25) is 0 Å². The third-order valence-electron chi connectivity index (χ3n) is 2.32. The van der Waals surface area contributed by atoms with Crippen molar-refractivity contribution >= 4 is 5.57 Å². The summed E-state index contributed by atoms with van der Waals surface area (Å²) < 4.78 is 0. The topological polar surface area (TPSA) is 20.2 Å². The highest BCUT2D eigenvalue weighted by molar-refractivity contribution is 5.67. The summed E-state index contributed by atoms with van der Waals surface area (Å²) in [7, 11) is 1.00. The van der Waals surface area contributed by atoms with Gasteiger partial charge in [0.2, 0.25) is 0 Å². The molecule has 0 aromatic heterocycles. The minimum Gasteiger partial charge on any atom is -0.400 e. The smallest absolute Gasteiger partial charge is 0.0319 e. The van der Waals surface area contributed by atoms with Crippen LogP contribution in [0.5, 0.6) is 0 Å². The van der Waals surface area contributed by atoms with Crippen LogP contribution in [0.25, 0.3) is 5.57 Å². The molecule has 1 heteroatoms. The molecule has 1 aliphatic rings. The molecular weight excluding hydrogens is 160 g/mol. The first kappa shape index (κ1) is 10.0. The number of benzene rings is 1. The SMILES string of the molecule is C=C1CCCc2ccccc21.CO. The summed E-state index contributed by atoms with van der Waals surface area (Å²) in [6, 6.07) is 8.59. The van der Waals surface area contributed by atoms with E-state index < -0.39 is 0 Å². The molecule has 1 N–H and O–H groups in total. The summed E-state index contributed by atoms with van der Waals surface area (Å²) in [6.07, 6.45) is 3.68. The Bertz CT molecular complexity index is 289. The van der Waals surface area contributed by atoms with Gasteiger partial charge in [-0.3, -0.25) is 0 Å². The van der Waals surface area contributed by atoms with Gasteiger partial charge in [-0.25, -0.2) is 0 Å². The number of fused-ring (bicyclic) bond motifs is 1. The standard InChI is InChI=1S/C11H12.CH4O/c1-9-5-4-7-10-6-2-3-8-11(9)10;1-2/h2-3,6,8H,1,4-5,7H2;2H,1H3. The first-order chi connectivity index (χ1) is 6.38. The third-order valence-corrected chi connectivity index (χ3v) is 2.32. The number of hydrogen-bond donors (Lipinski definition) is 1.